The summed E-state index contributed by atoms with van der Waals surface area (Å²) in [5.41, 5.74) is 0. The third-order valence-electron chi connectivity index (χ3n) is 1.66. The summed E-state index contributed by atoms with van der Waals surface area (Å²) in [6, 6.07) is 0. The smallest absolute Gasteiger partial charge is 0.102 e. The first kappa shape index (κ1) is 7.39. The molecule has 0 spiro atoms. The number of allylic oxidation sites excluding steroid dienone is 2. The largest absolute Gasteiger partial charge is 0.498 e. The maximum atomic E-state index is 5.35. The molecule has 56 valence electrons. The van der Waals surface area contributed by atoms with Crippen molar-refractivity contribution in [2.75, 3.05) is 0 Å². The molecule has 1 heteroatoms. The molecule has 1 rings (SSSR count). The lowest BCUT2D eigenvalue weighted by molar-refractivity contribution is 0.126. The first-order valence-corrected chi connectivity index (χ1v) is 3.85. The quantitative estimate of drug-likeness (QED) is 0.533. The Balaban J connectivity index is 2.22. The zero-order valence-electron chi connectivity index (χ0n) is 6.42. The van der Waals surface area contributed by atoms with Crippen LogP contribution in [-0.4, -0.2) is 6.10 Å². The van der Waals surface area contributed by atoms with Crippen LogP contribution in [0.1, 0.15) is 26.2 Å². The zero-order chi connectivity index (χ0) is 7.23. The second-order valence-corrected chi connectivity index (χ2v) is 2.51. The van der Waals surface area contributed by atoms with Gasteiger partial charge in [-0.25, -0.2) is 0 Å². The van der Waals surface area contributed by atoms with E-state index >= 15 is 0 Å². The maximum absolute atomic E-state index is 5.35. The highest BCUT2D eigenvalue weighted by Crippen LogP contribution is 2.13. The minimum absolute atomic E-state index is 0.432. The first-order valence-electron chi connectivity index (χ1n) is 3.85. The molecule has 0 aromatic rings. The predicted molar refractivity (Wildman–Crippen MR) is 42.7 cm³/mol. The minimum Gasteiger partial charge on any atom is -0.498 e. The third-order valence-corrected chi connectivity index (χ3v) is 1.66. The Morgan fingerprint density at radius 2 is 2.60 bits per heavy atom. The van der Waals surface area contributed by atoms with Gasteiger partial charge in [-0.15, -0.1) is 0 Å². The molecule has 0 fully saturated rings. The SMILES string of the molecule is CC=CCC1CCC=CO1. The standard InChI is InChI=1S/C9H14O/c1-2-3-6-9-7-4-5-8-10-9/h2-3,5,8-9H,4,6-7H2,1H3. The first-order chi connectivity index (χ1) is 4.93. The Labute approximate surface area is 62.4 Å². The van der Waals surface area contributed by atoms with E-state index in [0.29, 0.717) is 6.10 Å². The highest BCUT2D eigenvalue weighted by Gasteiger charge is 2.07. The van der Waals surface area contributed by atoms with Gasteiger partial charge in [-0.2, -0.15) is 0 Å². The molecule has 10 heavy (non-hydrogen) atoms. The Kier molecular flexibility index (Phi) is 3.07. The second kappa shape index (κ2) is 4.15. The van der Waals surface area contributed by atoms with Crippen molar-refractivity contribution >= 4 is 0 Å². The monoisotopic (exact) mass is 138 g/mol. The van der Waals surface area contributed by atoms with Gasteiger partial charge in [0.25, 0.3) is 0 Å². The zero-order valence-corrected chi connectivity index (χ0v) is 6.42. The summed E-state index contributed by atoms with van der Waals surface area (Å²) in [7, 11) is 0. The van der Waals surface area contributed by atoms with Crippen molar-refractivity contribution in [2.24, 2.45) is 0 Å². The lowest BCUT2D eigenvalue weighted by atomic mass is 10.1. The molecule has 1 aliphatic rings. The van der Waals surface area contributed by atoms with Gasteiger partial charge >= 0.3 is 0 Å². The third kappa shape index (κ3) is 2.26. The number of hydrogen-bond donors (Lipinski definition) is 0. The molecule has 1 heterocycles. The molecule has 1 atom stereocenters. The van der Waals surface area contributed by atoms with Gasteiger partial charge in [0.2, 0.25) is 0 Å². The van der Waals surface area contributed by atoms with E-state index in [0.717, 1.165) is 6.42 Å². The Hall–Kier alpha value is -0.720. The fraction of sp³-hybridized carbons (Fsp3) is 0.556. The molecule has 1 nitrogen and oxygen atoms in total. The highest BCUT2D eigenvalue weighted by molar-refractivity contribution is 4.87. The molecule has 0 aromatic carbocycles. The molecule has 1 unspecified atom stereocenters. The minimum atomic E-state index is 0.432. The van der Waals surface area contributed by atoms with Crippen LogP contribution in [0.4, 0.5) is 0 Å². The van der Waals surface area contributed by atoms with Crippen LogP contribution in [0.2, 0.25) is 0 Å². The Morgan fingerprint density at radius 1 is 1.70 bits per heavy atom. The summed E-state index contributed by atoms with van der Waals surface area (Å²) >= 11 is 0. The second-order valence-electron chi connectivity index (χ2n) is 2.51. The summed E-state index contributed by atoms with van der Waals surface area (Å²) in [6.07, 6.45) is 11.9. The van der Waals surface area contributed by atoms with Gasteiger partial charge in [0.15, 0.2) is 0 Å². The molecule has 0 radical (unpaired) electrons. The summed E-state index contributed by atoms with van der Waals surface area (Å²) in [6.45, 7) is 2.04. The molecule has 0 aromatic heterocycles. The Bertz CT molecular complexity index is 136. The van der Waals surface area contributed by atoms with Crippen LogP contribution in [0.15, 0.2) is 24.5 Å². The summed E-state index contributed by atoms with van der Waals surface area (Å²) in [5.74, 6) is 0. The molecule has 0 aliphatic carbocycles. The molecular weight excluding hydrogens is 124 g/mol. The van der Waals surface area contributed by atoms with Crippen molar-refractivity contribution in [1.29, 1.82) is 0 Å². The predicted octanol–water partition coefficient (Wildman–Crippen LogP) is 2.65. The van der Waals surface area contributed by atoms with Crippen LogP contribution < -0.4 is 0 Å². The van der Waals surface area contributed by atoms with Gasteiger partial charge in [0, 0.05) is 6.42 Å². The van der Waals surface area contributed by atoms with Gasteiger partial charge in [0.05, 0.1) is 6.26 Å². The van der Waals surface area contributed by atoms with Gasteiger partial charge in [-0.1, -0.05) is 12.2 Å². The van der Waals surface area contributed by atoms with Crippen LogP contribution in [0.25, 0.3) is 0 Å². The van der Waals surface area contributed by atoms with Crippen LogP contribution >= 0.6 is 0 Å². The normalized spacial score (nSPS) is 25.1. The number of ether oxygens (including phenoxy) is 1. The summed E-state index contributed by atoms with van der Waals surface area (Å²) in [4.78, 5) is 0. The van der Waals surface area contributed by atoms with Gasteiger partial charge in [-0.3, -0.25) is 0 Å². The van der Waals surface area contributed by atoms with Crippen molar-refractivity contribution in [2.45, 2.75) is 32.3 Å². The van der Waals surface area contributed by atoms with E-state index in [1.54, 1.807) is 0 Å². The van der Waals surface area contributed by atoms with Crippen molar-refractivity contribution in [3.05, 3.63) is 24.5 Å². The summed E-state index contributed by atoms with van der Waals surface area (Å²) < 4.78 is 5.35. The molecule has 0 N–H and O–H groups in total. The van der Waals surface area contributed by atoms with E-state index in [1.165, 1.54) is 12.8 Å². The number of hydrogen-bond acceptors (Lipinski definition) is 1. The fourth-order valence-corrected chi connectivity index (χ4v) is 1.05. The molecule has 0 amide bonds. The van der Waals surface area contributed by atoms with E-state index in [9.17, 15) is 0 Å². The lowest BCUT2D eigenvalue weighted by Gasteiger charge is -2.17. The van der Waals surface area contributed by atoms with E-state index in [-0.39, 0.29) is 0 Å². The van der Waals surface area contributed by atoms with E-state index in [1.807, 2.05) is 13.2 Å². The summed E-state index contributed by atoms with van der Waals surface area (Å²) in [5, 5.41) is 0. The van der Waals surface area contributed by atoms with Gasteiger partial charge in [-0.05, 0) is 25.8 Å². The van der Waals surface area contributed by atoms with Crippen molar-refractivity contribution < 1.29 is 4.74 Å². The fourth-order valence-electron chi connectivity index (χ4n) is 1.05. The van der Waals surface area contributed by atoms with E-state index in [4.69, 9.17) is 4.74 Å². The lowest BCUT2D eigenvalue weighted by Crippen LogP contribution is -2.10. The molecule has 0 saturated carbocycles. The van der Waals surface area contributed by atoms with Crippen molar-refractivity contribution in [1.82, 2.24) is 0 Å². The average Bonchev–Trinajstić information content (AvgIpc) is 2.03. The van der Waals surface area contributed by atoms with Gasteiger partial charge < -0.3 is 4.74 Å². The molecule has 0 saturated heterocycles. The van der Waals surface area contributed by atoms with E-state index in [2.05, 4.69) is 18.2 Å². The molecular formula is C9H14O. The van der Waals surface area contributed by atoms with Crippen LogP contribution in [0, 0.1) is 0 Å². The average molecular weight is 138 g/mol. The maximum Gasteiger partial charge on any atom is 0.102 e. The van der Waals surface area contributed by atoms with Crippen LogP contribution in [-0.2, 0) is 4.74 Å². The molecule has 1 aliphatic heterocycles. The van der Waals surface area contributed by atoms with E-state index < -0.39 is 0 Å². The van der Waals surface area contributed by atoms with Crippen molar-refractivity contribution in [3.63, 3.8) is 0 Å². The Morgan fingerprint density at radius 3 is 3.20 bits per heavy atom. The molecule has 0 bridgehead atoms. The topological polar surface area (TPSA) is 9.23 Å². The van der Waals surface area contributed by atoms with Crippen LogP contribution in [0.5, 0.6) is 0 Å². The highest BCUT2D eigenvalue weighted by atomic mass is 16.5. The van der Waals surface area contributed by atoms with Crippen molar-refractivity contribution in [3.8, 4) is 0 Å². The number of rotatable bonds is 2. The van der Waals surface area contributed by atoms with Gasteiger partial charge in [0.1, 0.15) is 6.10 Å². The van der Waals surface area contributed by atoms with Crippen LogP contribution in [0.3, 0.4) is 0 Å².